The van der Waals surface area contributed by atoms with Gasteiger partial charge >= 0.3 is 0 Å². The first-order chi connectivity index (χ1) is 10.3. The normalized spacial score (nSPS) is 20.3. The number of hydrogen-bond donors (Lipinski definition) is 1. The molecule has 1 saturated carbocycles. The summed E-state index contributed by atoms with van der Waals surface area (Å²) in [6, 6.07) is 0. The quantitative estimate of drug-likeness (QED) is 0.920. The molecule has 1 aliphatic heterocycles. The highest BCUT2D eigenvalue weighted by Crippen LogP contribution is 2.24. The molecule has 0 spiro atoms. The predicted molar refractivity (Wildman–Crippen MR) is 80.3 cm³/mol. The Kier molecular flexibility index (Phi) is 4.65. The lowest BCUT2D eigenvalue weighted by molar-refractivity contribution is -0.120. The Morgan fingerprint density at radius 3 is 2.48 bits per heavy atom. The molecule has 1 N–H and O–H groups in total. The molecule has 0 unspecified atom stereocenters. The number of aromatic nitrogens is 2. The number of carbonyl (C=O) groups is 1. The zero-order valence-corrected chi connectivity index (χ0v) is 12.3. The van der Waals surface area contributed by atoms with Crippen molar-refractivity contribution in [1.29, 1.82) is 0 Å². The van der Waals surface area contributed by atoms with E-state index in [1.54, 1.807) is 12.4 Å². The summed E-state index contributed by atoms with van der Waals surface area (Å²) >= 11 is 0. The molecular weight excluding hydrogens is 268 g/mol. The molecule has 2 heterocycles. The van der Waals surface area contributed by atoms with E-state index < -0.39 is 0 Å². The van der Waals surface area contributed by atoms with Gasteiger partial charge in [0.25, 0.3) is 0 Å². The van der Waals surface area contributed by atoms with Crippen LogP contribution in [0, 0.1) is 5.92 Å². The number of nitrogens with one attached hydrogen (secondary N) is 1. The number of carbonyl (C=O) groups excluding carboxylic acids is 1. The maximum atomic E-state index is 12.2. The van der Waals surface area contributed by atoms with Gasteiger partial charge in [0, 0.05) is 19.0 Å². The van der Waals surface area contributed by atoms with Crippen molar-refractivity contribution in [3.8, 4) is 0 Å². The highest BCUT2D eigenvalue weighted by Gasteiger charge is 2.21. The van der Waals surface area contributed by atoms with E-state index in [0.717, 1.165) is 38.8 Å². The van der Waals surface area contributed by atoms with Gasteiger partial charge in [-0.3, -0.25) is 4.79 Å². The van der Waals surface area contributed by atoms with Crippen LogP contribution < -0.4 is 10.2 Å². The van der Waals surface area contributed by atoms with Gasteiger partial charge < -0.3 is 15.0 Å². The molecule has 1 aromatic rings. The van der Waals surface area contributed by atoms with Crippen molar-refractivity contribution in [2.75, 3.05) is 36.5 Å². The lowest BCUT2D eigenvalue weighted by Gasteiger charge is -2.26. The van der Waals surface area contributed by atoms with Crippen LogP contribution in [0.4, 0.5) is 11.6 Å². The fourth-order valence-electron chi connectivity index (χ4n) is 2.92. The van der Waals surface area contributed by atoms with Crippen LogP contribution in [-0.4, -0.2) is 42.2 Å². The van der Waals surface area contributed by atoms with Gasteiger partial charge in [-0.2, -0.15) is 0 Å². The Hall–Kier alpha value is -1.69. The Labute approximate surface area is 124 Å². The largest absolute Gasteiger partial charge is 0.378 e. The molecular formula is C15H22N4O2. The van der Waals surface area contributed by atoms with E-state index in [9.17, 15) is 4.79 Å². The molecule has 1 aromatic heterocycles. The van der Waals surface area contributed by atoms with Crippen molar-refractivity contribution in [2.45, 2.75) is 32.1 Å². The number of hydrogen-bond acceptors (Lipinski definition) is 5. The number of anilines is 2. The lowest BCUT2D eigenvalue weighted by atomic mass is 9.89. The minimum absolute atomic E-state index is 0.109. The van der Waals surface area contributed by atoms with Crippen LogP contribution in [0.5, 0.6) is 0 Å². The number of rotatable bonds is 3. The standard InChI is InChI=1S/C15H22N4O2/c20-14(12-4-2-1-3-5-12)18-13-10-16-15(17-11-13)19-6-8-21-9-7-19/h10-12H,1-9H2,(H,18,20). The van der Waals surface area contributed by atoms with Crippen LogP contribution in [0.25, 0.3) is 0 Å². The van der Waals surface area contributed by atoms with Gasteiger partial charge in [0.15, 0.2) is 0 Å². The molecule has 0 radical (unpaired) electrons. The van der Waals surface area contributed by atoms with Crippen molar-refractivity contribution in [2.24, 2.45) is 5.92 Å². The average molecular weight is 290 g/mol. The van der Waals surface area contributed by atoms with Gasteiger partial charge in [0.05, 0.1) is 31.3 Å². The number of nitrogens with zero attached hydrogens (tertiary/aromatic N) is 3. The molecule has 1 saturated heterocycles. The summed E-state index contributed by atoms with van der Waals surface area (Å²) in [7, 11) is 0. The minimum atomic E-state index is 0.109. The summed E-state index contributed by atoms with van der Waals surface area (Å²) in [6.45, 7) is 3.05. The van der Waals surface area contributed by atoms with Gasteiger partial charge in [0.1, 0.15) is 0 Å². The topological polar surface area (TPSA) is 67.4 Å². The number of amides is 1. The van der Waals surface area contributed by atoms with Gasteiger partial charge in [0.2, 0.25) is 11.9 Å². The van der Waals surface area contributed by atoms with E-state index in [1.807, 2.05) is 0 Å². The van der Waals surface area contributed by atoms with Crippen LogP contribution in [0.1, 0.15) is 32.1 Å². The molecule has 6 nitrogen and oxygen atoms in total. The highest BCUT2D eigenvalue weighted by molar-refractivity contribution is 5.92. The molecule has 1 amide bonds. The second kappa shape index (κ2) is 6.85. The van der Waals surface area contributed by atoms with Gasteiger partial charge in [-0.05, 0) is 12.8 Å². The molecule has 2 aliphatic rings. The van der Waals surface area contributed by atoms with Crippen LogP contribution in [0.3, 0.4) is 0 Å². The van der Waals surface area contributed by atoms with E-state index in [0.29, 0.717) is 24.8 Å². The fourth-order valence-corrected chi connectivity index (χ4v) is 2.92. The van der Waals surface area contributed by atoms with Gasteiger partial charge in [-0.1, -0.05) is 19.3 Å². The summed E-state index contributed by atoms with van der Waals surface area (Å²) in [6.07, 6.45) is 8.95. The second-order valence-electron chi connectivity index (χ2n) is 5.70. The third-order valence-electron chi connectivity index (χ3n) is 4.18. The van der Waals surface area contributed by atoms with Crippen molar-refractivity contribution in [1.82, 2.24) is 9.97 Å². The van der Waals surface area contributed by atoms with Gasteiger partial charge in [-0.25, -0.2) is 9.97 Å². The zero-order chi connectivity index (χ0) is 14.5. The molecule has 114 valence electrons. The lowest BCUT2D eigenvalue weighted by Crippen LogP contribution is -2.37. The molecule has 2 fully saturated rings. The van der Waals surface area contributed by atoms with Crippen LogP contribution in [0.2, 0.25) is 0 Å². The van der Waals surface area contributed by atoms with E-state index in [2.05, 4.69) is 20.2 Å². The zero-order valence-electron chi connectivity index (χ0n) is 12.3. The SMILES string of the molecule is O=C(Nc1cnc(N2CCOCC2)nc1)C1CCCCC1. The Morgan fingerprint density at radius 2 is 1.81 bits per heavy atom. The van der Waals surface area contributed by atoms with Crippen molar-refractivity contribution in [3.05, 3.63) is 12.4 Å². The maximum Gasteiger partial charge on any atom is 0.227 e. The van der Waals surface area contributed by atoms with Crippen LogP contribution in [-0.2, 0) is 9.53 Å². The van der Waals surface area contributed by atoms with Crippen LogP contribution >= 0.6 is 0 Å². The maximum absolute atomic E-state index is 12.2. The summed E-state index contributed by atoms with van der Waals surface area (Å²) in [5.41, 5.74) is 0.683. The fraction of sp³-hybridized carbons (Fsp3) is 0.667. The molecule has 3 rings (SSSR count). The summed E-state index contributed by atoms with van der Waals surface area (Å²) in [5.74, 6) is 0.962. The summed E-state index contributed by atoms with van der Waals surface area (Å²) in [4.78, 5) is 22.9. The monoisotopic (exact) mass is 290 g/mol. The smallest absolute Gasteiger partial charge is 0.227 e. The molecule has 21 heavy (non-hydrogen) atoms. The number of morpholine rings is 1. The second-order valence-corrected chi connectivity index (χ2v) is 5.70. The first kappa shape index (κ1) is 14.3. The molecule has 0 atom stereocenters. The van der Waals surface area contributed by atoms with E-state index in [-0.39, 0.29) is 11.8 Å². The first-order valence-electron chi connectivity index (χ1n) is 7.78. The van der Waals surface area contributed by atoms with Crippen molar-refractivity contribution >= 4 is 17.5 Å². The number of ether oxygens (including phenoxy) is 1. The van der Waals surface area contributed by atoms with Gasteiger partial charge in [-0.15, -0.1) is 0 Å². The van der Waals surface area contributed by atoms with E-state index in [1.165, 1.54) is 6.42 Å². The van der Waals surface area contributed by atoms with Crippen molar-refractivity contribution in [3.63, 3.8) is 0 Å². The van der Waals surface area contributed by atoms with Crippen LogP contribution in [0.15, 0.2) is 12.4 Å². The third-order valence-corrected chi connectivity index (χ3v) is 4.18. The Balaban J connectivity index is 1.57. The van der Waals surface area contributed by atoms with E-state index in [4.69, 9.17) is 4.74 Å². The van der Waals surface area contributed by atoms with E-state index >= 15 is 0 Å². The first-order valence-corrected chi connectivity index (χ1v) is 7.78. The Morgan fingerprint density at radius 1 is 1.14 bits per heavy atom. The highest BCUT2D eigenvalue weighted by atomic mass is 16.5. The summed E-state index contributed by atoms with van der Waals surface area (Å²) in [5, 5.41) is 2.93. The Bertz CT molecular complexity index is 465. The molecule has 0 bridgehead atoms. The summed E-state index contributed by atoms with van der Waals surface area (Å²) < 4.78 is 5.31. The molecule has 1 aliphatic carbocycles. The third kappa shape index (κ3) is 3.69. The average Bonchev–Trinajstić information content (AvgIpc) is 2.57. The minimum Gasteiger partial charge on any atom is -0.378 e. The molecule has 6 heteroatoms. The molecule has 0 aromatic carbocycles. The predicted octanol–water partition coefficient (Wildman–Crippen LogP) is 1.83. The van der Waals surface area contributed by atoms with Crippen molar-refractivity contribution < 1.29 is 9.53 Å².